The largest absolute Gasteiger partial charge is 0.329 e. The molecule has 4 heteroatoms. The van der Waals surface area contributed by atoms with E-state index in [-0.39, 0.29) is 11.4 Å². The predicted molar refractivity (Wildman–Crippen MR) is 81.2 cm³/mol. The van der Waals surface area contributed by atoms with Gasteiger partial charge in [0.25, 0.3) is 0 Å². The number of hydrogen-bond acceptors (Lipinski definition) is 3. The molecule has 3 nitrogen and oxygen atoms in total. The van der Waals surface area contributed by atoms with E-state index in [0.717, 1.165) is 31.6 Å². The highest BCUT2D eigenvalue weighted by Gasteiger charge is 2.34. The summed E-state index contributed by atoms with van der Waals surface area (Å²) in [6.07, 6.45) is 0.861. The second-order valence-corrected chi connectivity index (χ2v) is 6.28. The Morgan fingerprint density at radius 2 is 1.95 bits per heavy atom. The first-order valence-corrected chi connectivity index (χ1v) is 7.34. The summed E-state index contributed by atoms with van der Waals surface area (Å²) in [5.74, 6) is -0.184. The summed E-state index contributed by atoms with van der Waals surface area (Å²) < 4.78 is 13.0. The van der Waals surface area contributed by atoms with Crippen LogP contribution in [0.1, 0.15) is 19.4 Å². The lowest BCUT2D eigenvalue weighted by atomic mass is 9.89. The number of nitrogens with zero attached hydrogens (tertiary/aromatic N) is 2. The van der Waals surface area contributed by atoms with Crippen LogP contribution in [0.25, 0.3) is 0 Å². The van der Waals surface area contributed by atoms with E-state index in [1.165, 1.54) is 12.1 Å². The van der Waals surface area contributed by atoms with Gasteiger partial charge in [0.15, 0.2) is 0 Å². The van der Waals surface area contributed by atoms with Crippen molar-refractivity contribution < 1.29 is 4.39 Å². The molecule has 0 saturated carbocycles. The molecular formula is C16H26FN3. The summed E-state index contributed by atoms with van der Waals surface area (Å²) in [5, 5.41) is 0. The Labute approximate surface area is 121 Å². The Morgan fingerprint density at radius 1 is 1.30 bits per heavy atom. The number of piperazine rings is 1. The van der Waals surface area contributed by atoms with Gasteiger partial charge in [0.2, 0.25) is 0 Å². The summed E-state index contributed by atoms with van der Waals surface area (Å²) in [5.41, 5.74) is 7.15. The number of nitrogens with two attached hydrogens (primary N) is 1. The SMILES string of the molecule is CC1CN(C(C)(CN)Cc2ccc(F)cc2)CCN1C. The Morgan fingerprint density at radius 3 is 2.50 bits per heavy atom. The van der Waals surface area contributed by atoms with Gasteiger partial charge in [-0.3, -0.25) is 4.90 Å². The summed E-state index contributed by atoms with van der Waals surface area (Å²) in [4.78, 5) is 4.87. The molecule has 1 aromatic carbocycles. The highest BCUT2D eigenvalue weighted by molar-refractivity contribution is 5.19. The minimum Gasteiger partial charge on any atom is -0.329 e. The van der Waals surface area contributed by atoms with Gasteiger partial charge in [0.05, 0.1) is 0 Å². The topological polar surface area (TPSA) is 32.5 Å². The second-order valence-electron chi connectivity index (χ2n) is 6.28. The fourth-order valence-electron chi connectivity index (χ4n) is 2.89. The first-order chi connectivity index (χ1) is 9.44. The third kappa shape index (κ3) is 3.37. The van der Waals surface area contributed by atoms with E-state index in [1.807, 2.05) is 12.1 Å². The molecule has 20 heavy (non-hydrogen) atoms. The van der Waals surface area contributed by atoms with E-state index >= 15 is 0 Å². The number of hydrogen-bond donors (Lipinski definition) is 1. The standard InChI is InChI=1S/C16H26FN3/c1-13-11-20(9-8-19(13)3)16(2,12-18)10-14-4-6-15(17)7-5-14/h4-7,13H,8-12,18H2,1-3H3. The number of halogens is 1. The average molecular weight is 279 g/mol. The van der Waals surface area contributed by atoms with Crippen molar-refractivity contribution >= 4 is 0 Å². The van der Waals surface area contributed by atoms with Gasteiger partial charge in [-0.15, -0.1) is 0 Å². The van der Waals surface area contributed by atoms with E-state index in [9.17, 15) is 4.39 Å². The maximum Gasteiger partial charge on any atom is 0.123 e. The van der Waals surface area contributed by atoms with Gasteiger partial charge < -0.3 is 10.6 Å². The molecule has 1 saturated heterocycles. The van der Waals surface area contributed by atoms with Gasteiger partial charge in [-0.25, -0.2) is 4.39 Å². The summed E-state index contributed by atoms with van der Waals surface area (Å²) in [7, 11) is 2.17. The minimum atomic E-state index is -0.184. The lowest BCUT2D eigenvalue weighted by molar-refractivity contribution is 0.0275. The van der Waals surface area contributed by atoms with E-state index in [2.05, 4.69) is 30.7 Å². The van der Waals surface area contributed by atoms with E-state index in [1.54, 1.807) is 0 Å². The zero-order chi connectivity index (χ0) is 14.8. The van der Waals surface area contributed by atoms with Crippen molar-refractivity contribution in [2.75, 3.05) is 33.2 Å². The lowest BCUT2D eigenvalue weighted by Crippen LogP contribution is -2.61. The van der Waals surface area contributed by atoms with Crippen molar-refractivity contribution in [3.05, 3.63) is 35.6 Å². The molecule has 2 rings (SSSR count). The number of likely N-dealkylation sites (N-methyl/N-ethyl adjacent to an activating group) is 1. The van der Waals surface area contributed by atoms with Crippen molar-refractivity contribution in [3.63, 3.8) is 0 Å². The maximum atomic E-state index is 13.0. The normalized spacial score (nSPS) is 24.6. The molecule has 0 radical (unpaired) electrons. The van der Waals surface area contributed by atoms with Crippen LogP contribution in [-0.2, 0) is 6.42 Å². The molecule has 2 atom stereocenters. The molecular weight excluding hydrogens is 253 g/mol. The fourth-order valence-corrected chi connectivity index (χ4v) is 2.89. The van der Waals surface area contributed by atoms with Gasteiger partial charge in [0, 0.05) is 37.8 Å². The number of benzene rings is 1. The molecule has 1 fully saturated rings. The Bertz CT molecular complexity index is 434. The van der Waals surface area contributed by atoms with Gasteiger partial charge in [0.1, 0.15) is 5.82 Å². The van der Waals surface area contributed by atoms with Crippen molar-refractivity contribution in [2.45, 2.75) is 31.8 Å². The third-order valence-corrected chi connectivity index (χ3v) is 4.66. The molecule has 112 valence electrons. The molecule has 2 N–H and O–H groups in total. The minimum absolute atomic E-state index is 0.0622. The molecule has 0 spiro atoms. The Kier molecular flexibility index (Phi) is 4.78. The first-order valence-electron chi connectivity index (χ1n) is 7.34. The number of rotatable bonds is 4. The van der Waals surface area contributed by atoms with Crippen molar-refractivity contribution in [1.82, 2.24) is 9.80 Å². The summed E-state index contributed by atoms with van der Waals surface area (Å²) in [6.45, 7) is 8.22. The first kappa shape index (κ1) is 15.4. The zero-order valence-electron chi connectivity index (χ0n) is 12.8. The van der Waals surface area contributed by atoms with Crippen LogP contribution in [0, 0.1) is 5.82 Å². The highest BCUT2D eigenvalue weighted by atomic mass is 19.1. The van der Waals surface area contributed by atoms with Gasteiger partial charge >= 0.3 is 0 Å². The summed E-state index contributed by atoms with van der Waals surface area (Å²) in [6, 6.07) is 7.33. The molecule has 1 aliphatic rings. The molecule has 1 aliphatic heterocycles. The van der Waals surface area contributed by atoms with Gasteiger partial charge in [-0.05, 0) is 45.0 Å². The Balaban J connectivity index is 2.10. The lowest BCUT2D eigenvalue weighted by Gasteiger charge is -2.47. The van der Waals surface area contributed by atoms with Crippen LogP contribution >= 0.6 is 0 Å². The maximum absolute atomic E-state index is 13.0. The van der Waals surface area contributed by atoms with Crippen molar-refractivity contribution in [2.24, 2.45) is 5.73 Å². The van der Waals surface area contributed by atoms with Crippen LogP contribution in [0.4, 0.5) is 4.39 Å². The third-order valence-electron chi connectivity index (χ3n) is 4.66. The molecule has 0 aromatic heterocycles. The smallest absolute Gasteiger partial charge is 0.123 e. The molecule has 1 heterocycles. The van der Waals surface area contributed by atoms with E-state index in [4.69, 9.17) is 5.73 Å². The van der Waals surface area contributed by atoms with Crippen LogP contribution in [0.5, 0.6) is 0 Å². The fraction of sp³-hybridized carbons (Fsp3) is 0.625. The van der Waals surface area contributed by atoms with Crippen molar-refractivity contribution in [3.8, 4) is 0 Å². The second kappa shape index (κ2) is 6.20. The van der Waals surface area contributed by atoms with Gasteiger partial charge in [-0.2, -0.15) is 0 Å². The quantitative estimate of drug-likeness (QED) is 0.911. The van der Waals surface area contributed by atoms with Crippen LogP contribution < -0.4 is 5.73 Å². The molecule has 0 aliphatic carbocycles. The Hall–Kier alpha value is -0.970. The molecule has 1 aromatic rings. The van der Waals surface area contributed by atoms with E-state index in [0.29, 0.717) is 12.6 Å². The van der Waals surface area contributed by atoms with Crippen molar-refractivity contribution in [1.29, 1.82) is 0 Å². The molecule has 0 amide bonds. The van der Waals surface area contributed by atoms with E-state index < -0.39 is 0 Å². The highest BCUT2D eigenvalue weighted by Crippen LogP contribution is 2.23. The van der Waals surface area contributed by atoms with Gasteiger partial charge in [-0.1, -0.05) is 12.1 Å². The summed E-state index contributed by atoms with van der Waals surface area (Å²) >= 11 is 0. The monoisotopic (exact) mass is 279 g/mol. The van der Waals surface area contributed by atoms with Crippen LogP contribution in [0.2, 0.25) is 0 Å². The molecule has 0 bridgehead atoms. The predicted octanol–water partition coefficient (Wildman–Crippen LogP) is 1.72. The molecule has 2 unspecified atom stereocenters. The zero-order valence-corrected chi connectivity index (χ0v) is 12.8. The van der Waals surface area contributed by atoms with Crippen LogP contribution in [0.15, 0.2) is 24.3 Å². The van der Waals surface area contributed by atoms with Crippen LogP contribution in [-0.4, -0.2) is 54.6 Å². The average Bonchev–Trinajstić information content (AvgIpc) is 2.44. The van der Waals surface area contributed by atoms with Crippen LogP contribution in [0.3, 0.4) is 0 Å².